The summed E-state index contributed by atoms with van der Waals surface area (Å²) in [6.45, 7) is 0.667. The van der Waals surface area contributed by atoms with E-state index in [0.717, 1.165) is 22.5 Å². The van der Waals surface area contributed by atoms with E-state index in [1.807, 2.05) is 0 Å². The van der Waals surface area contributed by atoms with Gasteiger partial charge in [-0.15, -0.1) is 0 Å². The Labute approximate surface area is 143 Å². The fourth-order valence-corrected chi connectivity index (χ4v) is 4.70. The smallest absolute Gasteiger partial charge is 0.292 e. The minimum absolute atomic E-state index is 0.0470. The molecule has 1 aliphatic heterocycles. The van der Waals surface area contributed by atoms with Crippen LogP contribution in [0.5, 0.6) is 0 Å². The van der Waals surface area contributed by atoms with Gasteiger partial charge in [-0.2, -0.15) is 4.31 Å². The molecule has 11 heteroatoms. The topological polar surface area (TPSA) is 110 Å². The number of nitro benzene ring substituents is 1. The van der Waals surface area contributed by atoms with Crippen molar-refractivity contribution in [3.8, 4) is 0 Å². The molecule has 1 saturated heterocycles. The highest BCUT2D eigenvalue weighted by molar-refractivity contribution is 7.89. The number of nitro groups is 1. The summed E-state index contributed by atoms with van der Waals surface area (Å²) in [6, 6.07) is 2.30. The minimum Gasteiger partial charge on any atom is -0.337 e. The second-order valence-electron chi connectivity index (χ2n) is 5.58. The Balaban J connectivity index is 2.13. The van der Waals surface area contributed by atoms with E-state index in [1.54, 1.807) is 17.8 Å². The number of halogens is 1. The second kappa shape index (κ2) is 6.50. The number of aromatic nitrogens is 2. The van der Waals surface area contributed by atoms with Crippen molar-refractivity contribution in [1.82, 2.24) is 19.2 Å². The van der Waals surface area contributed by atoms with Crippen molar-refractivity contribution in [2.45, 2.75) is 10.9 Å². The van der Waals surface area contributed by atoms with Crippen molar-refractivity contribution in [3.63, 3.8) is 0 Å². The zero-order valence-corrected chi connectivity index (χ0v) is 14.1. The van der Waals surface area contributed by atoms with Crippen LogP contribution in [0.15, 0.2) is 35.5 Å². The maximum Gasteiger partial charge on any atom is 0.292 e. The first-order chi connectivity index (χ1) is 11.8. The number of benzene rings is 1. The van der Waals surface area contributed by atoms with Crippen LogP contribution in [0, 0.1) is 15.9 Å². The molecule has 134 valence electrons. The van der Waals surface area contributed by atoms with Gasteiger partial charge in [0.25, 0.3) is 15.7 Å². The predicted octanol–water partition coefficient (Wildman–Crippen LogP) is 0.803. The number of imidazole rings is 1. The summed E-state index contributed by atoms with van der Waals surface area (Å²) in [5, 5.41) is 14.3. The molecule has 0 spiro atoms. The van der Waals surface area contributed by atoms with Gasteiger partial charge in [0.05, 0.1) is 11.0 Å². The molecule has 0 aliphatic carbocycles. The number of rotatable bonds is 4. The molecule has 25 heavy (non-hydrogen) atoms. The quantitative estimate of drug-likeness (QED) is 0.631. The summed E-state index contributed by atoms with van der Waals surface area (Å²) in [5.74, 6) is -0.680. The van der Waals surface area contributed by atoms with Crippen LogP contribution in [0.3, 0.4) is 0 Å². The lowest BCUT2D eigenvalue weighted by atomic mass is 10.2. The van der Waals surface area contributed by atoms with Crippen molar-refractivity contribution >= 4 is 15.7 Å². The lowest BCUT2D eigenvalue weighted by Crippen LogP contribution is -2.49. The van der Waals surface area contributed by atoms with Gasteiger partial charge in [0.2, 0.25) is 0 Å². The zero-order valence-electron chi connectivity index (χ0n) is 13.3. The van der Waals surface area contributed by atoms with E-state index in [4.69, 9.17) is 0 Å². The van der Waals surface area contributed by atoms with E-state index in [9.17, 15) is 22.9 Å². The van der Waals surface area contributed by atoms with Gasteiger partial charge >= 0.3 is 0 Å². The lowest BCUT2D eigenvalue weighted by molar-refractivity contribution is -0.388. The molecule has 0 amide bonds. The molecule has 1 aromatic carbocycles. The van der Waals surface area contributed by atoms with Gasteiger partial charge in [-0.3, -0.25) is 10.1 Å². The molecule has 1 unspecified atom stereocenters. The van der Waals surface area contributed by atoms with Crippen molar-refractivity contribution in [1.29, 1.82) is 0 Å². The summed E-state index contributed by atoms with van der Waals surface area (Å²) >= 11 is 0. The number of hydrogen-bond acceptors (Lipinski definition) is 6. The van der Waals surface area contributed by atoms with E-state index < -0.39 is 37.4 Å². The molecule has 0 radical (unpaired) electrons. The Bertz CT molecular complexity index is 914. The highest BCUT2D eigenvalue weighted by Crippen LogP contribution is 2.34. The van der Waals surface area contributed by atoms with Crippen molar-refractivity contribution in [2.75, 3.05) is 19.6 Å². The Morgan fingerprint density at radius 3 is 2.84 bits per heavy atom. The largest absolute Gasteiger partial charge is 0.337 e. The molecule has 3 rings (SSSR count). The maximum absolute atomic E-state index is 14.3. The fraction of sp³-hybridized carbons (Fsp3) is 0.357. The molecule has 1 aromatic heterocycles. The second-order valence-corrected chi connectivity index (χ2v) is 7.40. The van der Waals surface area contributed by atoms with E-state index >= 15 is 0 Å². The van der Waals surface area contributed by atoms with Gasteiger partial charge in [-0.25, -0.2) is 17.8 Å². The number of nitrogens with zero attached hydrogens (tertiary/aromatic N) is 4. The molecular weight excluding hydrogens is 353 g/mol. The summed E-state index contributed by atoms with van der Waals surface area (Å²) in [5.41, 5.74) is -0.780. The van der Waals surface area contributed by atoms with Crippen molar-refractivity contribution in [2.24, 2.45) is 7.05 Å². The van der Waals surface area contributed by atoms with Crippen LogP contribution in [0.1, 0.15) is 11.9 Å². The Morgan fingerprint density at radius 1 is 1.44 bits per heavy atom. The van der Waals surface area contributed by atoms with E-state index in [0.29, 0.717) is 12.4 Å². The third-order valence-electron chi connectivity index (χ3n) is 4.06. The lowest BCUT2D eigenvalue weighted by Gasteiger charge is -2.34. The van der Waals surface area contributed by atoms with Gasteiger partial charge in [-0.05, 0) is 6.07 Å². The van der Waals surface area contributed by atoms with E-state index in [1.165, 1.54) is 6.20 Å². The standard InChI is InChI=1S/C14H16FN5O4S/c1-18-7-6-17-14(18)12-9-16-5-8-19(12)25(23,24)13-10(15)3-2-4-11(13)20(21)22/h2-4,6-7,12,16H,5,8-9H2,1H3. The van der Waals surface area contributed by atoms with Crippen LogP contribution in [0.4, 0.5) is 10.1 Å². The molecule has 2 aromatic rings. The third-order valence-corrected chi connectivity index (χ3v) is 6.03. The molecule has 1 atom stereocenters. The highest BCUT2D eigenvalue weighted by Gasteiger charge is 2.41. The maximum atomic E-state index is 14.3. The molecule has 9 nitrogen and oxygen atoms in total. The van der Waals surface area contributed by atoms with Gasteiger partial charge in [0.15, 0.2) is 4.90 Å². The Morgan fingerprint density at radius 2 is 2.20 bits per heavy atom. The Kier molecular flexibility index (Phi) is 4.54. The number of sulfonamides is 1. The molecule has 0 bridgehead atoms. The first-order valence-corrected chi connectivity index (χ1v) is 8.90. The molecular formula is C14H16FN5O4S. The van der Waals surface area contributed by atoms with E-state index in [-0.39, 0.29) is 13.1 Å². The highest BCUT2D eigenvalue weighted by atomic mass is 32.2. The predicted molar refractivity (Wildman–Crippen MR) is 85.8 cm³/mol. The number of hydrogen-bond donors (Lipinski definition) is 1. The minimum atomic E-state index is -4.44. The summed E-state index contributed by atoms with van der Waals surface area (Å²) in [4.78, 5) is 13.6. The van der Waals surface area contributed by atoms with Crippen LogP contribution in [-0.4, -0.2) is 46.8 Å². The Hall–Kier alpha value is -2.37. The van der Waals surface area contributed by atoms with Crippen molar-refractivity contribution in [3.05, 3.63) is 52.3 Å². The fourth-order valence-electron chi connectivity index (χ4n) is 2.91. The molecule has 1 N–H and O–H groups in total. The third kappa shape index (κ3) is 3.01. The summed E-state index contributed by atoms with van der Waals surface area (Å²) in [7, 11) is -2.72. The van der Waals surface area contributed by atoms with Crippen LogP contribution in [-0.2, 0) is 17.1 Å². The normalized spacial score (nSPS) is 19.0. The van der Waals surface area contributed by atoms with Gasteiger partial charge in [0, 0.05) is 45.1 Å². The average Bonchev–Trinajstić information content (AvgIpc) is 3.00. The monoisotopic (exact) mass is 369 g/mol. The van der Waals surface area contributed by atoms with Gasteiger partial charge < -0.3 is 9.88 Å². The van der Waals surface area contributed by atoms with Crippen molar-refractivity contribution < 1.29 is 17.7 Å². The summed E-state index contributed by atoms with van der Waals surface area (Å²) in [6.07, 6.45) is 3.20. The SMILES string of the molecule is Cn1ccnc1C1CNCCN1S(=O)(=O)c1c(F)cccc1[N+](=O)[O-]. The van der Waals surface area contributed by atoms with Gasteiger partial charge in [-0.1, -0.05) is 6.07 Å². The molecule has 1 fully saturated rings. The molecule has 0 saturated carbocycles. The van der Waals surface area contributed by atoms with Crippen LogP contribution >= 0.6 is 0 Å². The number of nitrogens with one attached hydrogen (secondary N) is 1. The molecule has 1 aliphatic rings. The van der Waals surface area contributed by atoms with E-state index in [2.05, 4.69) is 10.3 Å². The summed E-state index contributed by atoms with van der Waals surface area (Å²) < 4.78 is 43.1. The number of aryl methyl sites for hydroxylation is 1. The van der Waals surface area contributed by atoms with Crippen LogP contribution in [0.25, 0.3) is 0 Å². The van der Waals surface area contributed by atoms with Crippen LogP contribution < -0.4 is 5.32 Å². The van der Waals surface area contributed by atoms with Crippen LogP contribution in [0.2, 0.25) is 0 Å². The first kappa shape index (κ1) is 17.5. The van der Waals surface area contributed by atoms with Gasteiger partial charge in [0.1, 0.15) is 11.6 Å². The first-order valence-electron chi connectivity index (χ1n) is 7.46. The number of piperazine rings is 1. The zero-order chi connectivity index (χ0) is 18.2. The average molecular weight is 369 g/mol. The molecule has 2 heterocycles.